The van der Waals surface area contributed by atoms with Gasteiger partial charge in [0.1, 0.15) is 5.97 Å². The van der Waals surface area contributed by atoms with Gasteiger partial charge in [-0.2, -0.15) is 13.2 Å². The van der Waals surface area contributed by atoms with E-state index in [2.05, 4.69) is 22.5 Å². The fourth-order valence-electron chi connectivity index (χ4n) is 0.847. The number of alkyl halides is 3. The van der Waals surface area contributed by atoms with Gasteiger partial charge in [-0.15, -0.1) is 35.3 Å². The molecule has 0 amide bonds. The van der Waals surface area contributed by atoms with Gasteiger partial charge in [-0.25, -0.2) is 4.98 Å². The number of carbonyl (C=O) groups is 1. The number of aromatic amines is 1. The molecule has 0 aliphatic carbocycles. The summed E-state index contributed by atoms with van der Waals surface area (Å²) < 4.78 is 32.9. The van der Waals surface area contributed by atoms with Crippen LogP contribution in [-0.2, 0) is 4.79 Å². The van der Waals surface area contributed by atoms with E-state index >= 15 is 0 Å². The molecule has 0 aliphatic rings. The van der Waals surface area contributed by atoms with Crippen LogP contribution in [0.15, 0.2) is 29.9 Å². The molecule has 0 saturated carbocycles. The Kier molecular flexibility index (Phi) is 6.39. The Bertz CT molecular complexity index is 456. The van der Waals surface area contributed by atoms with Crippen molar-refractivity contribution in [2.75, 3.05) is 0 Å². The third kappa shape index (κ3) is 5.31. The zero-order chi connectivity index (χ0) is 12.2. The number of hydrogen-bond acceptors (Lipinski definition) is 3. The Morgan fingerprint density at radius 1 is 1.35 bits per heavy atom. The zero-order valence-corrected chi connectivity index (χ0v) is 11.3. The molecule has 0 aliphatic heterocycles. The van der Waals surface area contributed by atoms with E-state index < -0.39 is 12.1 Å². The maximum absolute atomic E-state index is 10.5. The highest BCUT2D eigenvalue weighted by molar-refractivity contribution is 14.0. The Morgan fingerprint density at radius 2 is 1.94 bits per heavy atom. The minimum absolute atomic E-state index is 0. The minimum atomic E-state index is -5.19. The molecule has 2 heterocycles. The van der Waals surface area contributed by atoms with Gasteiger partial charge in [-0.05, 0) is 11.4 Å². The second kappa shape index (κ2) is 6.74. The largest absolute Gasteiger partial charge is 0.542 e. The van der Waals surface area contributed by atoms with E-state index in [4.69, 9.17) is 9.90 Å². The molecule has 0 spiro atoms. The minimum Gasteiger partial charge on any atom is -0.542 e. The molecule has 0 radical (unpaired) electrons. The molecular formula is C9H7F3INO2S. The van der Waals surface area contributed by atoms with E-state index in [1.54, 1.807) is 11.3 Å². The molecule has 2 aromatic heterocycles. The summed E-state index contributed by atoms with van der Waals surface area (Å²) in [7, 11) is 0. The molecule has 1 N–H and O–H groups in total. The molecule has 2 aromatic rings. The first-order valence-corrected chi connectivity index (χ1v) is 4.90. The smallest absolute Gasteiger partial charge is 0.430 e. The van der Waals surface area contributed by atoms with Gasteiger partial charge in [0.2, 0.25) is 0 Å². The van der Waals surface area contributed by atoms with E-state index in [-0.39, 0.29) is 24.0 Å². The van der Waals surface area contributed by atoms with Crippen LogP contribution in [0.5, 0.6) is 0 Å². The maximum Gasteiger partial charge on any atom is 0.430 e. The van der Waals surface area contributed by atoms with Crippen LogP contribution in [0.4, 0.5) is 13.2 Å². The molecule has 3 nitrogen and oxygen atoms in total. The Hall–Kier alpha value is -0.900. The Morgan fingerprint density at radius 3 is 2.41 bits per heavy atom. The van der Waals surface area contributed by atoms with Gasteiger partial charge in [0.05, 0.1) is 5.39 Å². The molecule has 0 saturated heterocycles. The fourth-order valence-corrected chi connectivity index (χ4v) is 1.62. The van der Waals surface area contributed by atoms with Crippen LogP contribution in [0.1, 0.15) is 0 Å². The quantitative estimate of drug-likeness (QED) is 0.656. The number of thiophene rings is 1. The predicted molar refractivity (Wildman–Crippen MR) is 64.9 cm³/mol. The van der Waals surface area contributed by atoms with Crippen molar-refractivity contribution < 1.29 is 28.1 Å². The SMILES string of the molecule is I.O=C([O-])C(F)(F)F.c1cc2sccc2c[nH+]1. The zero-order valence-electron chi connectivity index (χ0n) is 8.15. The Balaban J connectivity index is 0.000000296. The Labute approximate surface area is 115 Å². The average Bonchev–Trinajstić information content (AvgIpc) is 2.64. The number of nitrogens with one attached hydrogen (secondary N) is 1. The van der Waals surface area contributed by atoms with E-state index in [0.29, 0.717) is 0 Å². The van der Waals surface area contributed by atoms with Crippen molar-refractivity contribution >= 4 is 51.4 Å². The van der Waals surface area contributed by atoms with Crippen LogP contribution in [0.3, 0.4) is 0 Å². The van der Waals surface area contributed by atoms with E-state index in [1.165, 1.54) is 10.1 Å². The molecular weight excluding hydrogens is 370 g/mol. The number of carbonyl (C=O) groups excluding carboxylic acids is 1. The molecule has 94 valence electrons. The third-order valence-corrected chi connectivity index (χ3v) is 2.43. The summed E-state index contributed by atoms with van der Waals surface area (Å²) in [6.07, 6.45) is -1.25. The first-order chi connectivity index (χ1) is 7.41. The maximum atomic E-state index is 10.5. The highest BCUT2D eigenvalue weighted by Gasteiger charge is 2.28. The number of fused-ring (bicyclic) bond motifs is 1. The second-order valence-electron chi connectivity index (χ2n) is 2.67. The summed E-state index contributed by atoms with van der Waals surface area (Å²) in [4.78, 5) is 11.8. The van der Waals surface area contributed by atoms with Crippen LogP contribution in [0.25, 0.3) is 10.1 Å². The van der Waals surface area contributed by atoms with Gasteiger partial charge in [0.25, 0.3) is 0 Å². The number of H-pyrrole nitrogens is 1. The normalized spacial score (nSPS) is 10.1. The van der Waals surface area contributed by atoms with Crippen molar-refractivity contribution in [3.8, 4) is 0 Å². The van der Waals surface area contributed by atoms with Crippen LogP contribution >= 0.6 is 35.3 Å². The summed E-state index contributed by atoms with van der Waals surface area (Å²) in [5.74, 6) is -3.01. The molecule has 0 unspecified atom stereocenters. The van der Waals surface area contributed by atoms with Crippen molar-refractivity contribution in [3.05, 3.63) is 29.9 Å². The fraction of sp³-hybridized carbons (Fsp3) is 0.111. The van der Waals surface area contributed by atoms with E-state index in [1.807, 2.05) is 12.4 Å². The van der Waals surface area contributed by atoms with E-state index in [9.17, 15) is 13.2 Å². The molecule has 17 heavy (non-hydrogen) atoms. The lowest BCUT2D eigenvalue weighted by molar-refractivity contribution is -0.375. The van der Waals surface area contributed by atoms with Crippen molar-refractivity contribution in [2.45, 2.75) is 6.18 Å². The summed E-state index contributed by atoms with van der Waals surface area (Å²) in [5.41, 5.74) is 0. The van der Waals surface area contributed by atoms with Gasteiger partial charge >= 0.3 is 6.18 Å². The number of aromatic nitrogens is 1. The summed E-state index contributed by atoms with van der Waals surface area (Å²) in [5, 5.41) is 12.2. The van der Waals surface area contributed by atoms with Crippen LogP contribution in [0.2, 0.25) is 0 Å². The standard InChI is InChI=1S/C7H5NS.C2HF3O2.HI/c1-3-8-5-6-2-4-9-7(1)6;3-2(4,5)1(6)7;/h1-5H;(H,6,7);1H. The lowest BCUT2D eigenvalue weighted by Gasteiger charge is -2.03. The predicted octanol–water partition coefficient (Wildman–Crippen LogP) is 1.63. The van der Waals surface area contributed by atoms with E-state index in [0.717, 1.165) is 0 Å². The number of pyridine rings is 1. The average molecular weight is 377 g/mol. The summed E-state index contributed by atoms with van der Waals surface area (Å²) >= 11 is 1.77. The topological polar surface area (TPSA) is 54.3 Å². The number of aliphatic carboxylic acids is 1. The van der Waals surface area contributed by atoms with Crippen molar-refractivity contribution in [2.24, 2.45) is 0 Å². The van der Waals surface area contributed by atoms with Crippen LogP contribution < -0.4 is 10.1 Å². The third-order valence-electron chi connectivity index (χ3n) is 1.53. The lowest BCUT2D eigenvalue weighted by atomic mass is 10.4. The highest BCUT2D eigenvalue weighted by atomic mass is 127. The first-order valence-electron chi connectivity index (χ1n) is 4.03. The molecule has 2 rings (SSSR count). The molecule has 0 bridgehead atoms. The van der Waals surface area contributed by atoms with Gasteiger partial charge < -0.3 is 9.90 Å². The second-order valence-corrected chi connectivity index (χ2v) is 3.62. The van der Waals surface area contributed by atoms with Crippen LogP contribution in [0, 0.1) is 0 Å². The number of halogens is 4. The molecule has 0 aromatic carbocycles. The highest BCUT2D eigenvalue weighted by Crippen LogP contribution is 2.16. The van der Waals surface area contributed by atoms with Gasteiger partial charge in [0.15, 0.2) is 12.4 Å². The first kappa shape index (κ1) is 16.1. The van der Waals surface area contributed by atoms with Crippen LogP contribution in [-0.4, -0.2) is 12.1 Å². The molecule has 0 fully saturated rings. The van der Waals surface area contributed by atoms with Crippen molar-refractivity contribution in [1.29, 1.82) is 0 Å². The van der Waals surface area contributed by atoms with Gasteiger partial charge in [-0.3, -0.25) is 0 Å². The lowest BCUT2D eigenvalue weighted by Crippen LogP contribution is -2.37. The van der Waals surface area contributed by atoms with Gasteiger partial charge in [0, 0.05) is 10.8 Å². The summed E-state index contributed by atoms with van der Waals surface area (Å²) in [6, 6.07) is 4.19. The van der Waals surface area contributed by atoms with Crippen molar-refractivity contribution in [1.82, 2.24) is 0 Å². The number of rotatable bonds is 0. The van der Waals surface area contributed by atoms with Gasteiger partial charge in [-0.1, -0.05) is 0 Å². The molecule has 0 atom stereocenters. The monoisotopic (exact) mass is 377 g/mol. The number of carboxylic acids is 1. The van der Waals surface area contributed by atoms with Crippen molar-refractivity contribution in [3.63, 3.8) is 0 Å². The molecule has 8 heteroatoms. The number of hydrogen-bond donors (Lipinski definition) is 0. The summed E-state index contributed by atoms with van der Waals surface area (Å²) in [6.45, 7) is 0. The number of carboxylic acid groups (broad SMARTS) is 1.